The Hall–Kier alpha value is -1.34. The molecule has 1 aromatic rings. The molecule has 0 unspecified atom stereocenters. The van der Waals surface area contributed by atoms with E-state index < -0.39 is 5.82 Å². The standard InChI is InChI=1S/C15H16BrFN2O2S/c1-9(20)19-6-5-14(21)11(8-19)15(22-2)18-13-4-3-10(16)7-12(13)17/h3-4,7,18H,5-6,8H2,1-2H3. The van der Waals surface area contributed by atoms with Crippen LogP contribution in [0.4, 0.5) is 10.1 Å². The molecule has 0 bridgehead atoms. The molecule has 1 aliphatic heterocycles. The van der Waals surface area contributed by atoms with Gasteiger partial charge in [0.05, 0.1) is 17.3 Å². The van der Waals surface area contributed by atoms with Crippen molar-refractivity contribution in [3.8, 4) is 0 Å². The minimum absolute atomic E-state index is 0.00753. The summed E-state index contributed by atoms with van der Waals surface area (Å²) in [5.74, 6) is -0.486. The molecule has 1 aromatic carbocycles. The van der Waals surface area contributed by atoms with Gasteiger partial charge < -0.3 is 10.2 Å². The van der Waals surface area contributed by atoms with E-state index in [1.807, 2.05) is 6.26 Å². The van der Waals surface area contributed by atoms with Gasteiger partial charge in [0, 0.05) is 29.9 Å². The molecule has 1 aliphatic rings. The summed E-state index contributed by atoms with van der Waals surface area (Å²) < 4.78 is 14.6. The first-order chi connectivity index (χ1) is 10.4. The largest absolute Gasteiger partial charge is 0.347 e. The quantitative estimate of drug-likeness (QED) is 0.808. The lowest BCUT2D eigenvalue weighted by Crippen LogP contribution is -2.39. The van der Waals surface area contributed by atoms with Gasteiger partial charge in [0.25, 0.3) is 0 Å². The van der Waals surface area contributed by atoms with Gasteiger partial charge in [-0.15, -0.1) is 11.8 Å². The average molecular weight is 387 g/mol. The van der Waals surface area contributed by atoms with E-state index in [0.29, 0.717) is 33.7 Å². The monoisotopic (exact) mass is 386 g/mol. The van der Waals surface area contributed by atoms with Crippen molar-refractivity contribution in [1.82, 2.24) is 4.90 Å². The number of anilines is 1. The van der Waals surface area contributed by atoms with Crippen LogP contribution in [0.2, 0.25) is 0 Å². The Morgan fingerprint density at radius 2 is 2.18 bits per heavy atom. The minimum Gasteiger partial charge on any atom is -0.347 e. The summed E-state index contributed by atoms with van der Waals surface area (Å²) >= 11 is 4.54. The third-order valence-electron chi connectivity index (χ3n) is 3.40. The van der Waals surface area contributed by atoms with E-state index in [9.17, 15) is 14.0 Å². The Balaban J connectivity index is 2.31. The van der Waals surface area contributed by atoms with Crippen molar-refractivity contribution < 1.29 is 14.0 Å². The first-order valence-electron chi connectivity index (χ1n) is 6.70. The van der Waals surface area contributed by atoms with Crippen molar-refractivity contribution in [3.63, 3.8) is 0 Å². The van der Waals surface area contributed by atoms with Crippen molar-refractivity contribution in [2.24, 2.45) is 0 Å². The molecule has 0 aliphatic carbocycles. The lowest BCUT2D eigenvalue weighted by Gasteiger charge is -2.28. The summed E-state index contributed by atoms with van der Waals surface area (Å²) in [6.07, 6.45) is 2.11. The molecule has 7 heteroatoms. The fourth-order valence-corrected chi connectivity index (χ4v) is 3.15. The molecule has 4 nitrogen and oxygen atoms in total. The van der Waals surface area contributed by atoms with Gasteiger partial charge in [-0.2, -0.15) is 0 Å². The van der Waals surface area contributed by atoms with E-state index in [-0.39, 0.29) is 18.2 Å². The van der Waals surface area contributed by atoms with Crippen LogP contribution in [-0.4, -0.2) is 35.9 Å². The molecule has 0 atom stereocenters. The predicted molar refractivity (Wildman–Crippen MR) is 90.1 cm³/mol. The second-order valence-electron chi connectivity index (χ2n) is 4.87. The highest BCUT2D eigenvalue weighted by molar-refractivity contribution is 9.10. The number of amides is 1. The number of halogens is 2. The molecule has 1 fully saturated rings. The zero-order valence-electron chi connectivity index (χ0n) is 12.3. The van der Waals surface area contributed by atoms with Gasteiger partial charge in [-0.05, 0) is 24.5 Å². The molecule has 118 valence electrons. The van der Waals surface area contributed by atoms with E-state index in [0.717, 1.165) is 0 Å². The van der Waals surface area contributed by atoms with Crippen LogP contribution in [0.25, 0.3) is 0 Å². The molecule has 1 N–H and O–H groups in total. The molecule has 1 saturated heterocycles. The number of carbonyl (C=O) groups excluding carboxylic acids is 2. The highest BCUT2D eigenvalue weighted by Gasteiger charge is 2.26. The Morgan fingerprint density at radius 1 is 1.45 bits per heavy atom. The number of nitrogens with zero attached hydrogens (tertiary/aromatic N) is 1. The Morgan fingerprint density at radius 3 is 2.77 bits per heavy atom. The third-order valence-corrected chi connectivity index (χ3v) is 4.65. The minimum atomic E-state index is -0.409. The van der Waals surface area contributed by atoms with Gasteiger partial charge in [0.15, 0.2) is 5.78 Å². The van der Waals surface area contributed by atoms with Crippen LogP contribution in [-0.2, 0) is 9.59 Å². The molecule has 1 amide bonds. The number of carbonyl (C=O) groups is 2. The van der Waals surface area contributed by atoms with Gasteiger partial charge in [0.2, 0.25) is 5.91 Å². The molecular formula is C15H16BrFN2O2S. The summed E-state index contributed by atoms with van der Waals surface area (Å²) in [4.78, 5) is 25.3. The molecule has 0 spiro atoms. The number of rotatable bonds is 3. The first-order valence-corrected chi connectivity index (χ1v) is 8.72. The summed E-state index contributed by atoms with van der Waals surface area (Å²) in [5.41, 5.74) is 0.823. The number of Topliss-reactive ketones (excluding diaryl/α,β-unsaturated/α-hetero) is 1. The van der Waals surface area contributed by atoms with Gasteiger partial charge in [-0.1, -0.05) is 15.9 Å². The number of hydrogen-bond donors (Lipinski definition) is 1. The molecule has 0 radical (unpaired) electrons. The fraction of sp³-hybridized carbons (Fsp3) is 0.333. The fourth-order valence-electron chi connectivity index (χ4n) is 2.18. The normalized spacial score (nSPS) is 17.5. The molecular weight excluding hydrogens is 371 g/mol. The lowest BCUT2D eigenvalue weighted by molar-refractivity contribution is -0.130. The van der Waals surface area contributed by atoms with Crippen molar-refractivity contribution in [2.75, 3.05) is 24.7 Å². The number of likely N-dealkylation sites (tertiary alicyclic amines) is 1. The number of hydrogen-bond acceptors (Lipinski definition) is 4. The zero-order chi connectivity index (χ0) is 16.3. The maximum atomic E-state index is 13.9. The highest BCUT2D eigenvalue weighted by atomic mass is 79.9. The maximum Gasteiger partial charge on any atom is 0.219 e. The van der Waals surface area contributed by atoms with E-state index in [4.69, 9.17) is 0 Å². The van der Waals surface area contributed by atoms with Crippen LogP contribution in [0.15, 0.2) is 33.3 Å². The topological polar surface area (TPSA) is 49.4 Å². The lowest BCUT2D eigenvalue weighted by atomic mass is 10.0. The first kappa shape index (κ1) is 17.0. The Bertz CT molecular complexity index is 648. The summed E-state index contributed by atoms with van der Waals surface area (Å²) in [7, 11) is 0. The van der Waals surface area contributed by atoms with Crippen molar-refractivity contribution in [3.05, 3.63) is 39.1 Å². The summed E-state index contributed by atoms with van der Waals surface area (Å²) in [6, 6.07) is 4.68. The van der Waals surface area contributed by atoms with Crippen LogP contribution in [0.5, 0.6) is 0 Å². The van der Waals surface area contributed by atoms with E-state index in [1.165, 1.54) is 24.8 Å². The number of piperidine rings is 1. The zero-order valence-corrected chi connectivity index (χ0v) is 14.7. The molecule has 22 heavy (non-hydrogen) atoms. The number of ketones is 1. The van der Waals surface area contributed by atoms with Crippen LogP contribution in [0, 0.1) is 5.82 Å². The number of benzene rings is 1. The molecule has 0 aromatic heterocycles. The maximum absolute atomic E-state index is 13.9. The van der Waals surface area contributed by atoms with Crippen molar-refractivity contribution in [1.29, 1.82) is 0 Å². The van der Waals surface area contributed by atoms with Gasteiger partial charge in [-0.25, -0.2) is 4.39 Å². The molecule has 2 rings (SSSR count). The summed E-state index contributed by atoms with van der Waals surface area (Å²) in [6.45, 7) is 2.18. The van der Waals surface area contributed by atoms with Crippen molar-refractivity contribution in [2.45, 2.75) is 13.3 Å². The Kier molecular flexibility index (Phi) is 5.63. The second-order valence-corrected chi connectivity index (χ2v) is 6.61. The Labute approximate surface area is 141 Å². The van der Waals surface area contributed by atoms with Crippen LogP contribution < -0.4 is 5.32 Å². The average Bonchev–Trinajstić information content (AvgIpc) is 2.47. The van der Waals surface area contributed by atoms with Gasteiger partial charge >= 0.3 is 0 Å². The van der Waals surface area contributed by atoms with Gasteiger partial charge in [0.1, 0.15) is 5.82 Å². The van der Waals surface area contributed by atoms with Crippen LogP contribution in [0.1, 0.15) is 13.3 Å². The number of nitrogens with one attached hydrogen (secondary N) is 1. The predicted octanol–water partition coefficient (Wildman–Crippen LogP) is 3.40. The van der Waals surface area contributed by atoms with Gasteiger partial charge in [-0.3, -0.25) is 9.59 Å². The SMILES string of the molecule is CSC(Nc1ccc(Br)cc1F)=C1CN(C(C)=O)CCC1=O. The van der Waals surface area contributed by atoms with Crippen molar-refractivity contribution >= 4 is 45.1 Å². The smallest absolute Gasteiger partial charge is 0.219 e. The van der Waals surface area contributed by atoms with Crippen LogP contribution >= 0.6 is 27.7 Å². The van der Waals surface area contributed by atoms with E-state index in [1.54, 1.807) is 17.0 Å². The summed E-state index contributed by atoms with van der Waals surface area (Å²) in [5, 5.41) is 3.55. The van der Waals surface area contributed by atoms with E-state index >= 15 is 0 Å². The highest BCUT2D eigenvalue weighted by Crippen LogP contribution is 2.27. The second kappa shape index (κ2) is 7.28. The van der Waals surface area contributed by atoms with Crippen LogP contribution in [0.3, 0.4) is 0 Å². The number of thioether (sulfide) groups is 1. The third kappa shape index (κ3) is 3.89. The van der Waals surface area contributed by atoms with E-state index in [2.05, 4.69) is 21.2 Å². The molecule has 0 saturated carbocycles. The molecule has 1 heterocycles.